The van der Waals surface area contributed by atoms with Crippen molar-refractivity contribution in [1.29, 1.82) is 0 Å². The van der Waals surface area contributed by atoms with Gasteiger partial charge in [-0.3, -0.25) is 0 Å². The van der Waals surface area contributed by atoms with Gasteiger partial charge in [0.1, 0.15) is 6.26 Å². The fourth-order valence-corrected chi connectivity index (χ4v) is 2.27. The van der Waals surface area contributed by atoms with Crippen LogP contribution < -0.4 is 10.2 Å². The van der Waals surface area contributed by atoms with E-state index in [1.807, 2.05) is 11.9 Å². The lowest BCUT2D eigenvalue weighted by Crippen LogP contribution is -2.16. The molecule has 0 spiro atoms. The lowest BCUT2D eigenvalue weighted by molar-refractivity contribution is 0.543. The molecule has 2 heterocycles. The summed E-state index contributed by atoms with van der Waals surface area (Å²) in [5, 5.41) is 5.30. The van der Waals surface area contributed by atoms with Crippen LogP contribution in [0.2, 0.25) is 0 Å². The van der Waals surface area contributed by atoms with Gasteiger partial charge in [-0.25, -0.2) is 0 Å². The van der Waals surface area contributed by atoms with Gasteiger partial charge in [-0.1, -0.05) is 13.0 Å². The average molecular weight is 251 g/mol. The Labute approximate surface area is 105 Å². The van der Waals surface area contributed by atoms with Crippen LogP contribution in [0.25, 0.3) is 0 Å². The minimum absolute atomic E-state index is 0.673. The average Bonchev–Trinajstić information content (AvgIpc) is 2.96. The molecule has 0 saturated carbocycles. The van der Waals surface area contributed by atoms with Gasteiger partial charge in [0.05, 0.1) is 12.2 Å². The Morgan fingerprint density at radius 2 is 2.41 bits per heavy atom. The number of anilines is 1. The lowest BCUT2D eigenvalue weighted by atomic mass is 10.4. The third-order valence-corrected chi connectivity index (χ3v) is 3.26. The maximum Gasteiger partial charge on any atom is 0.297 e. The molecule has 0 aromatic carbocycles. The van der Waals surface area contributed by atoms with E-state index in [1.54, 1.807) is 17.6 Å². The largest absolute Gasteiger partial charge is 0.432 e. The standard InChI is InChI=1S/C12H17N3OS/c1-3-13-7-10-9-16-12(14-10)15(2)8-11-5-4-6-17-11/h4-6,9,13H,3,7-8H2,1-2H3. The maximum absolute atomic E-state index is 5.45. The molecule has 0 amide bonds. The molecule has 0 atom stereocenters. The summed E-state index contributed by atoms with van der Waals surface area (Å²) in [7, 11) is 1.99. The van der Waals surface area contributed by atoms with Crippen LogP contribution in [-0.4, -0.2) is 18.6 Å². The molecule has 0 fully saturated rings. The number of oxazole rings is 1. The van der Waals surface area contributed by atoms with Crippen molar-refractivity contribution in [2.75, 3.05) is 18.5 Å². The Kier molecular flexibility index (Phi) is 4.17. The zero-order valence-corrected chi connectivity index (χ0v) is 11.0. The molecule has 5 heteroatoms. The smallest absolute Gasteiger partial charge is 0.297 e. The predicted octanol–water partition coefficient (Wildman–Crippen LogP) is 2.48. The second kappa shape index (κ2) is 5.84. The molecule has 0 radical (unpaired) electrons. The zero-order valence-electron chi connectivity index (χ0n) is 10.1. The molecule has 2 aromatic heterocycles. The highest BCUT2D eigenvalue weighted by atomic mass is 32.1. The molecule has 0 aliphatic heterocycles. The van der Waals surface area contributed by atoms with Crippen LogP contribution >= 0.6 is 11.3 Å². The summed E-state index contributed by atoms with van der Waals surface area (Å²) in [6, 6.07) is 4.84. The summed E-state index contributed by atoms with van der Waals surface area (Å²) in [5.41, 5.74) is 0.944. The monoisotopic (exact) mass is 251 g/mol. The van der Waals surface area contributed by atoms with Crippen molar-refractivity contribution in [3.63, 3.8) is 0 Å². The van der Waals surface area contributed by atoms with Gasteiger partial charge in [0.2, 0.25) is 0 Å². The Morgan fingerprint density at radius 3 is 3.12 bits per heavy atom. The number of aromatic nitrogens is 1. The van der Waals surface area contributed by atoms with Gasteiger partial charge in [0.25, 0.3) is 6.01 Å². The highest BCUT2D eigenvalue weighted by molar-refractivity contribution is 7.09. The van der Waals surface area contributed by atoms with Gasteiger partial charge in [-0.05, 0) is 18.0 Å². The van der Waals surface area contributed by atoms with Gasteiger partial charge < -0.3 is 14.6 Å². The highest BCUT2D eigenvalue weighted by Gasteiger charge is 2.09. The van der Waals surface area contributed by atoms with E-state index in [2.05, 4.69) is 34.7 Å². The van der Waals surface area contributed by atoms with Crippen molar-refractivity contribution in [3.8, 4) is 0 Å². The molecule has 2 aromatic rings. The summed E-state index contributed by atoms with van der Waals surface area (Å²) in [5.74, 6) is 0. The minimum Gasteiger partial charge on any atom is -0.432 e. The van der Waals surface area contributed by atoms with Gasteiger partial charge in [-0.2, -0.15) is 4.98 Å². The molecule has 0 aliphatic rings. The van der Waals surface area contributed by atoms with Crippen molar-refractivity contribution in [1.82, 2.24) is 10.3 Å². The first-order valence-electron chi connectivity index (χ1n) is 5.68. The molecule has 17 heavy (non-hydrogen) atoms. The van der Waals surface area contributed by atoms with E-state index in [-0.39, 0.29) is 0 Å². The van der Waals surface area contributed by atoms with Gasteiger partial charge in [0.15, 0.2) is 0 Å². The van der Waals surface area contributed by atoms with Crippen LogP contribution in [0, 0.1) is 0 Å². The number of hydrogen-bond acceptors (Lipinski definition) is 5. The predicted molar refractivity (Wildman–Crippen MR) is 70.3 cm³/mol. The Morgan fingerprint density at radius 1 is 1.53 bits per heavy atom. The maximum atomic E-state index is 5.45. The summed E-state index contributed by atoms with van der Waals surface area (Å²) in [4.78, 5) is 7.75. The van der Waals surface area contributed by atoms with Gasteiger partial charge in [0, 0.05) is 18.5 Å². The molecule has 2 rings (SSSR count). The topological polar surface area (TPSA) is 41.3 Å². The number of nitrogens with one attached hydrogen (secondary N) is 1. The SMILES string of the molecule is CCNCc1coc(N(C)Cc2cccs2)n1. The number of hydrogen-bond donors (Lipinski definition) is 1. The van der Waals surface area contributed by atoms with Gasteiger partial charge in [-0.15, -0.1) is 11.3 Å². The lowest BCUT2D eigenvalue weighted by Gasteiger charge is -2.12. The van der Waals surface area contributed by atoms with Crippen LogP contribution in [0.4, 0.5) is 6.01 Å². The van der Waals surface area contributed by atoms with Crippen molar-refractivity contribution in [3.05, 3.63) is 34.3 Å². The quantitative estimate of drug-likeness (QED) is 0.856. The third-order valence-electron chi connectivity index (χ3n) is 2.40. The molecule has 92 valence electrons. The van der Waals surface area contributed by atoms with E-state index in [1.165, 1.54) is 4.88 Å². The molecule has 0 unspecified atom stereocenters. The second-order valence-corrected chi connectivity index (χ2v) is 4.87. The number of thiophene rings is 1. The van der Waals surface area contributed by atoms with E-state index < -0.39 is 0 Å². The van der Waals surface area contributed by atoms with E-state index in [0.717, 1.165) is 25.3 Å². The fourth-order valence-electron chi connectivity index (χ4n) is 1.51. The van der Waals surface area contributed by atoms with Crippen LogP contribution in [-0.2, 0) is 13.1 Å². The first-order valence-corrected chi connectivity index (χ1v) is 6.56. The van der Waals surface area contributed by atoms with E-state index >= 15 is 0 Å². The highest BCUT2D eigenvalue weighted by Crippen LogP contribution is 2.17. The van der Waals surface area contributed by atoms with Crippen molar-refractivity contribution < 1.29 is 4.42 Å². The summed E-state index contributed by atoms with van der Waals surface area (Å²) in [6.07, 6.45) is 1.71. The van der Waals surface area contributed by atoms with Crippen molar-refractivity contribution in [2.24, 2.45) is 0 Å². The molecule has 0 bridgehead atoms. The summed E-state index contributed by atoms with van der Waals surface area (Å²) < 4.78 is 5.45. The van der Waals surface area contributed by atoms with Crippen LogP contribution in [0.3, 0.4) is 0 Å². The third kappa shape index (κ3) is 3.31. The first-order chi connectivity index (χ1) is 8.29. The minimum atomic E-state index is 0.673. The van der Waals surface area contributed by atoms with Crippen molar-refractivity contribution >= 4 is 17.4 Å². The normalized spacial score (nSPS) is 10.7. The van der Waals surface area contributed by atoms with E-state index in [0.29, 0.717) is 6.01 Å². The van der Waals surface area contributed by atoms with Crippen molar-refractivity contribution in [2.45, 2.75) is 20.0 Å². The summed E-state index contributed by atoms with van der Waals surface area (Å²) >= 11 is 1.74. The van der Waals surface area contributed by atoms with Crippen LogP contribution in [0.5, 0.6) is 0 Å². The van der Waals surface area contributed by atoms with Crippen LogP contribution in [0.1, 0.15) is 17.5 Å². The summed E-state index contributed by atoms with van der Waals surface area (Å²) in [6.45, 7) is 4.60. The molecule has 1 N–H and O–H groups in total. The Hall–Kier alpha value is -1.33. The Balaban J connectivity index is 1.94. The molecular weight excluding hydrogens is 234 g/mol. The first kappa shape index (κ1) is 12.1. The molecule has 0 aliphatic carbocycles. The second-order valence-electron chi connectivity index (χ2n) is 3.84. The van der Waals surface area contributed by atoms with Gasteiger partial charge >= 0.3 is 0 Å². The number of rotatable bonds is 6. The molecule has 0 saturated heterocycles. The van der Waals surface area contributed by atoms with E-state index in [9.17, 15) is 0 Å². The fraction of sp³-hybridized carbons (Fsp3) is 0.417. The molecule has 4 nitrogen and oxygen atoms in total. The number of nitrogens with zero attached hydrogens (tertiary/aromatic N) is 2. The van der Waals surface area contributed by atoms with E-state index in [4.69, 9.17) is 4.42 Å². The molecular formula is C12H17N3OS. The Bertz CT molecular complexity index is 438. The van der Waals surface area contributed by atoms with Crippen LogP contribution in [0.15, 0.2) is 28.2 Å². The zero-order chi connectivity index (χ0) is 12.1.